The van der Waals surface area contributed by atoms with Crippen LogP contribution in [0.15, 0.2) is 17.1 Å². The molecule has 4 nitrogen and oxygen atoms in total. The van der Waals surface area contributed by atoms with Gasteiger partial charge in [-0.1, -0.05) is 12.8 Å². The molecule has 0 aliphatic heterocycles. The summed E-state index contributed by atoms with van der Waals surface area (Å²) in [4.78, 5) is 11.1. The summed E-state index contributed by atoms with van der Waals surface area (Å²) in [5.74, 6) is -0.155. The zero-order valence-electron chi connectivity index (χ0n) is 9.65. The van der Waals surface area contributed by atoms with Gasteiger partial charge in [-0.25, -0.2) is 0 Å². The normalized spacial score (nSPS) is 10.6. The van der Waals surface area contributed by atoms with Crippen LogP contribution in [0.3, 0.4) is 0 Å². The van der Waals surface area contributed by atoms with E-state index in [0.717, 1.165) is 32.2 Å². The molecule has 1 aromatic rings. The third kappa shape index (κ3) is 3.38. The topological polar surface area (TPSA) is 62.5 Å². The van der Waals surface area contributed by atoms with Crippen molar-refractivity contribution in [1.82, 2.24) is 4.57 Å². The molecule has 1 rings (SSSR count). The maximum Gasteiger partial charge on any atom is 0.223 e. The summed E-state index contributed by atoms with van der Waals surface area (Å²) in [6.07, 6.45) is 5.61. The molecule has 0 unspecified atom stereocenters. The highest BCUT2D eigenvalue weighted by Gasteiger charge is 2.04. The van der Waals surface area contributed by atoms with E-state index >= 15 is 0 Å². The Morgan fingerprint density at radius 3 is 2.62 bits per heavy atom. The van der Waals surface area contributed by atoms with Crippen molar-refractivity contribution in [3.63, 3.8) is 0 Å². The fourth-order valence-electron chi connectivity index (χ4n) is 1.65. The lowest BCUT2D eigenvalue weighted by Gasteiger charge is -2.10. The molecule has 0 aromatic carbocycles. The average molecular weight is 225 g/mol. The van der Waals surface area contributed by atoms with Gasteiger partial charge in [0.1, 0.15) is 0 Å². The summed E-state index contributed by atoms with van der Waals surface area (Å²) < 4.78 is 1.88. The standard InChI is InChI=1S/C12H19NO3/c1-10-12(16)11(15)6-8-13(10)7-4-2-3-5-9-14/h6,8,14,16H,2-5,7,9H2,1H3. The second-order valence-corrected chi connectivity index (χ2v) is 3.95. The lowest BCUT2D eigenvalue weighted by atomic mass is 10.2. The largest absolute Gasteiger partial charge is 0.503 e. The molecule has 0 fully saturated rings. The molecule has 0 saturated carbocycles. The summed E-state index contributed by atoms with van der Waals surface area (Å²) in [5.41, 5.74) is 0.295. The zero-order valence-corrected chi connectivity index (χ0v) is 9.65. The van der Waals surface area contributed by atoms with E-state index in [0.29, 0.717) is 5.69 Å². The van der Waals surface area contributed by atoms with Crippen molar-refractivity contribution in [2.75, 3.05) is 6.61 Å². The molecule has 0 atom stereocenters. The second-order valence-electron chi connectivity index (χ2n) is 3.95. The first-order chi connectivity index (χ1) is 7.66. The van der Waals surface area contributed by atoms with Gasteiger partial charge >= 0.3 is 0 Å². The van der Waals surface area contributed by atoms with Crippen molar-refractivity contribution in [2.24, 2.45) is 0 Å². The van der Waals surface area contributed by atoms with Gasteiger partial charge < -0.3 is 14.8 Å². The first-order valence-corrected chi connectivity index (χ1v) is 5.66. The van der Waals surface area contributed by atoms with E-state index in [2.05, 4.69) is 0 Å². The molecule has 1 aromatic heterocycles. The number of rotatable bonds is 6. The molecule has 16 heavy (non-hydrogen) atoms. The van der Waals surface area contributed by atoms with Gasteiger partial charge in [-0.2, -0.15) is 0 Å². The quantitative estimate of drug-likeness (QED) is 0.720. The molecular weight excluding hydrogens is 206 g/mol. The van der Waals surface area contributed by atoms with E-state index in [4.69, 9.17) is 5.11 Å². The van der Waals surface area contributed by atoms with Crippen molar-refractivity contribution in [3.8, 4) is 5.75 Å². The van der Waals surface area contributed by atoms with Gasteiger partial charge in [-0.3, -0.25) is 4.79 Å². The Morgan fingerprint density at radius 2 is 1.94 bits per heavy atom. The third-order valence-corrected chi connectivity index (χ3v) is 2.72. The first-order valence-electron chi connectivity index (χ1n) is 5.66. The number of nitrogens with zero attached hydrogens (tertiary/aromatic N) is 1. The van der Waals surface area contributed by atoms with E-state index in [1.165, 1.54) is 6.07 Å². The maximum atomic E-state index is 11.1. The Hall–Kier alpha value is -1.29. The first kappa shape index (κ1) is 12.8. The highest BCUT2D eigenvalue weighted by Crippen LogP contribution is 2.11. The Balaban J connectivity index is 2.49. The molecule has 2 N–H and O–H groups in total. The number of unbranched alkanes of at least 4 members (excludes halogenated alkanes) is 3. The SMILES string of the molecule is Cc1c(O)c(=O)ccn1CCCCCCO. The van der Waals surface area contributed by atoms with E-state index in [1.54, 1.807) is 13.1 Å². The molecule has 1 heterocycles. The highest BCUT2D eigenvalue weighted by atomic mass is 16.3. The predicted molar refractivity (Wildman–Crippen MR) is 62.7 cm³/mol. The van der Waals surface area contributed by atoms with Crippen molar-refractivity contribution in [1.29, 1.82) is 0 Å². The van der Waals surface area contributed by atoms with Gasteiger partial charge in [0.15, 0.2) is 5.75 Å². The van der Waals surface area contributed by atoms with E-state index in [1.807, 2.05) is 4.57 Å². The maximum absolute atomic E-state index is 11.1. The number of hydrogen-bond donors (Lipinski definition) is 2. The number of aromatic hydroxyl groups is 1. The summed E-state index contributed by atoms with van der Waals surface area (Å²) in [7, 11) is 0. The Morgan fingerprint density at radius 1 is 1.25 bits per heavy atom. The van der Waals surface area contributed by atoms with Crippen LogP contribution in [0, 0.1) is 6.92 Å². The van der Waals surface area contributed by atoms with E-state index < -0.39 is 0 Å². The minimum atomic E-state index is -0.325. The smallest absolute Gasteiger partial charge is 0.223 e. The molecule has 0 bridgehead atoms. The number of aliphatic hydroxyl groups excluding tert-OH is 1. The Labute approximate surface area is 95.2 Å². The van der Waals surface area contributed by atoms with E-state index in [-0.39, 0.29) is 17.8 Å². The molecule has 0 saturated heterocycles. The Bertz CT molecular complexity index is 384. The van der Waals surface area contributed by atoms with Gasteiger partial charge in [0.2, 0.25) is 5.43 Å². The average Bonchev–Trinajstić information content (AvgIpc) is 2.28. The predicted octanol–water partition coefficient (Wildman–Crippen LogP) is 1.42. The molecule has 0 aliphatic rings. The van der Waals surface area contributed by atoms with Crippen LogP contribution in [0.25, 0.3) is 0 Å². The van der Waals surface area contributed by atoms with Gasteiger partial charge in [0.25, 0.3) is 0 Å². The number of aromatic nitrogens is 1. The molecular formula is C12H19NO3. The van der Waals surface area contributed by atoms with Gasteiger partial charge in [0.05, 0.1) is 5.69 Å². The van der Waals surface area contributed by atoms with Gasteiger partial charge in [0, 0.05) is 25.4 Å². The zero-order chi connectivity index (χ0) is 12.0. The number of aliphatic hydroxyl groups is 1. The minimum absolute atomic E-state index is 0.155. The van der Waals surface area contributed by atoms with Crippen LogP contribution in [0.2, 0.25) is 0 Å². The van der Waals surface area contributed by atoms with Crippen LogP contribution in [0.5, 0.6) is 5.75 Å². The van der Waals surface area contributed by atoms with Crippen LogP contribution in [-0.4, -0.2) is 21.4 Å². The number of pyridine rings is 1. The minimum Gasteiger partial charge on any atom is -0.503 e. The second kappa shape index (κ2) is 6.33. The lowest BCUT2D eigenvalue weighted by molar-refractivity contribution is 0.282. The Kier molecular flexibility index (Phi) is 5.05. The molecule has 0 aliphatic carbocycles. The summed E-state index contributed by atoms with van der Waals surface area (Å²) in [6.45, 7) is 2.79. The summed E-state index contributed by atoms with van der Waals surface area (Å²) in [5, 5.41) is 18.1. The van der Waals surface area contributed by atoms with Crippen molar-refractivity contribution in [3.05, 3.63) is 28.2 Å². The van der Waals surface area contributed by atoms with Crippen LogP contribution in [0.1, 0.15) is 31.4 Å². The van der Waals surface area contributed by atoms with Crippen molar-refractivity contribution < 1.29 is 10.2 Å². The lowest BCUT2D eigenvalue weighted by Crippen LogP contribution is -2.10. The van der Waals surface area contributed by atoms with Crippen LogP contribution < -0.4 is 5.43 Å². The highest BCUT2D eigenvalue weighted by molar-refractivity contribution is 5.25. The number of hydrogen-bond acceptors (Lipinski definition) is 3. The molecule has 90 valence electrons. The molecule has 4 heteroatoms. The van der Waals surface area contributed by atoms with Gasteiger partial charge in [-0.05, 0) is 19.8 Å². The van der Waals surface area contributed by atoms with Crippen LogP contribution >= 0.6 is 0 Å². The molecule has 0 spiro atoms. The van der Waals surface area contributed by atoms with Crippen molar-refractivity contribution >= 4 is 0 Å². The monoisotopic (exact) mass is 225 g/mol. The fourth-order valence-corrected chi connectivity index (χ4v) is 1.65. The van der Waals surface area contributed by atoms with Gasteiger partial charge in [-0.15, -0.1) is 0 Å². The number of aryl methyl sites for hydroxylation is 1. The van der Waals surface area contributed by atoms with Crippen molar-refractivity contribution in [2.45, 2.75) is 39.2 Å². The summed E-state index contributed by atoms with van der Waals surface area (Å²) >= 11 is 0. The van der Waals surface area contributed by atoms with Crippen LogP contribution in [-0.2, 0) is 6.54 Å². The van der Waals surface area contributed by atoms with Crippen LogP contribution in [0.4, 0.5) is 0 Å². The summed E-state index contributed by atoms with van der Waals surface area (Å²) in [6, 6.07) is 1.38. The molecule has 0 radical (unpaired) electrons. The fraction of sp³-hybridized carbons (Fsp3) is 0.583. The van der Waals surface area contributed by atoms with E-state index in [9.17, 15) is 9.90 Å². The third-order valence-electron chi connectivity index (χ3n) is 2.72. The molecule has 0 amide bonds.